The summed E-state index contributed by atoms with van der Waals surface area (Å²) in [5, 5.41) is 4.12. The van der Waals surface area contributed by atoms with Crippen molar-refractivity contribution in [2.24, 2.45) is 0 Å². The zero-order valence-electron chi connectivity index (χ0n) is 10.1. The van der Waals surface area contributed by atoms with Gasteiger partial charge in [0.1, 0.15) is 0 Å². The Morgan fingerprint density at radius 1 is 1.10 bits per heavy atom. The molecule has 100 valence electrons. The van der Waals surface area contributed by atoms with Crippen molar-refractivity contribution in [1.29, 1.82) is 0 Å². The number of halogens is 1. The molecule has 0 spiro atoms. The number of anilines is 1. The van der Waals surface area contributed by atoms with Crippen LogP contribution in [0, 0.1) is 0 Å². The summed E-state index contributed by atoms with van der Waals surface area (Å²) in [7, 11) is 0. The predicted molar refractivity (Wildman–Crippen MR) is 84.2 cm³/mol. The number of benzene rings is 1. The Morgan fingerprint density at radius 3 is 2.50 bits per heavy atom. The first-order valence-electron chi connectivity index (χ1n) is 5.71. The minimum Gasteiger partial charge on any atom is -0.268 e. The smallest absolute Gasteiger partial charge is 0.268 e. The number of rotatable bonds is 2. The number of amides is 2. The summed E-state index contributed by atoms with van der Waals surface area (Å²) in [4.78, 5) is 25.9. The fourth-order valence-corrected chi connectivity index (χ4v) is 3.37. The second-order valence-corrected chi connectivity index (χ2v) is 6.26. The Hall–Kier alpha value is -1.56. The SMILES string of the molecule is O=C1S/C(=C/c2ccsc2)C(=O)N1c1ccc(Cl)cc1. The van der Waals surface area contributed by atoms with E-state index < -0.39 is 0 Å². The summed E-state index contributed by atoms with van der Waals surface area (Å²) in [5.41, 5.74) is 1.46. The molecule has 2 amide bonds. The van der Waals surface area contributed by atoms with Crippen LogP contribution in [0.2, 0.25) is 5.02 Å². The van der Waals surface area contributed by atoms with Crippen LogP contribution in [0.4, 0.5) is 10.5 Å². The third-order valence-electron chi connectivity index (χ3n) is 2.72. The number of thioether (sulfide) groups is 1. The molecule has 1 fully saturated rings. The Bertz CT molecular complexity index is 692. The van der Waals surface area contributed by atoms with Crippen LogP contribution in [0.3, 0.4) is 0 Å². The summed E-state index contributed by atoms with van der Waals surface area (Å²) >= 11 is 8.31. The van der Waals surface area contributed by atoms with Crippen molar-refractivity contribution in [3.05, 3.63) is 56.6 Å². The van der Waals surface area contributed by atoms with Crippen LogP contribution >= 0.6 is 34.7 Å². The van der Waals surface area contributed by atoms with Gasteiger partial charge in [-0.2, -0.15) is 11.3 Å². The topological polar surface area (TPSA) is 37.4 Å². The van der Waals surface area contributed by atoms with Gasteiger partial charge >= 0.3 is 0 Å². The van der Waals surface area contributed by atoms with Crippen molar-refractivity contribution in [1.82, 2.24) is 0 Å². The molecule has 2 heterocycles. The average molecular weight is 322 g/mol. The minimum atomic E-state index is -0.298. The second-order valence-electron chi connectivity index (χ2n) is 4.05. The van der Waals surface area contributed by atoms with Crippen molar-refractivity contribution in [3.63, 3.8) is 0 Å². The number of carbonyl (C=O) groups is 2. The van der Waals surface area contributed by atoms with Gasteiger partial charge in [-0.1, -0.05) is 11.6 Å². The molecule has 0 radical (unpaired) electrons. The Kier molecular flexibility index (Phi) is 3.65. The lowest BCUT2D eigenvalue weighted by molar-refractivity contribution is -0.113. The van der Waals surface area contributed by atoms with Crippen LogP contribution in [0.15, 0.2) is 46.0 Å². The number of imide groups is 1. The van der Waals surface area contributed by atoms with Crippen LogP contribution in [0.25, 0.3) is 6.08 Å². The van der Waals surface area contributed by atoms with E-state index in [2.05, 4.69) is 0 Å². The second kappa shape index (κ2) is 5.44. The van der Waals surface area contributed by atoms with Crippen molar-refractivity contribution < 1.29 is 9.59 Å². The van der Waals surface area contributed by atoms with Gasteiger partial charge in [0.15, 0.2) is 0 Å². The van der Waals surface area contributed by atoms with E-state index in [1.54, 1.807) is 41.7 Å². The number of carbonyl (C=O) groups excluding carboxylic acids is 2. The zero-order chi connectivity index (χ0) is 14.1. The quantitative estimate of drug-likeness (QED) is 0.756. The third kappa shape index (κ3) is 2.52. The van der Waals surface area contributed by atoms with Gasteiger partial charge < -0.3 is 0 Å². The number of thiophene rings is 1. The molecule has 20 heavy (non-hydrogen) atoms. The zero-order valence-corrected chi connectivity index (χ0v) is 12.5. The van der Waals surface area contributed by atoms with Crippen LogP contribution in [-0.4, -0.2) is 11.1 Å². The van der Waals surface area contributed by atoms with E-state index in [0.717, 1.165) is 17.3 Å². The molecule has 6 heteroatoms. The van der Waals surface area contributed by atoms with E-state index in [0.29, 0.717) is 15.6 Å². The Morgan fingerprint density at radius 2 is 1.85 bits per heavy atom. The van der Waals surface area contributed by atoms with Gasteiger partial charge in [0.05, 0.1) is 10.6 Å². The monoisotopic (exact) mass is 321 g/mol. The number of hydrogen-bond donors (Lipinski definition) is 0. The molecule has 0 bridgehead atoms. The first-order chi connectivity index (χ1) is 9.65. The summed E-state index contributed by atoms with van der Waals surface area (Å²) < 4.78 is 0. The van der Waals surface area contributed by atoms with Crippen LogP contribution in [0.5, 0.6) is 0 Å². The first-order valence-corrected chi connectivity index (χ1v) is 7.84. The molecule has 0 unspecified atom stereocenters. The van der Waals surface area contributed by atoms with Crippen molar-refractivity contribution in [2.45, 2.75) is 0 Å². The fraction of sp³-hybridized carbons (Fsp3) is 0. The fourth-order valence-electron chi connectivity index (χ4n) is 1.79. The maximum atomic E-state index is 12.3. The van der Waals surface area contributed by atoms with Crippen LogP contribution < -0.4 is 4.90 Å². The molecule has 0 aliphatic carbocycles. The molecule has 3 rings (SSSR count). The Labute approximate surface area is 128 Å². The summed E-state index contributed by atoms with van der Waals surface area (Å²) in [6, 6.07) is 8.53. The number of hydrogen-bond acceptors (Lipinski definition) is 4. The van der Waals surface area contributed by atoms with E-state index in [9.17, 15) is 9.59 Å². The highest BCUT2D eigenvalue weighted by atomic mass is 35.5. The molecule has 1 saturated heterocycles. The van der Waals surface area contributed by atoms with Crippen LogP contribution in [-0.2, 0) is 4.79 Å². The van der Waals surface area contributed by atoms with E-state index in [4.69, 9.17) is 11.6 Å². The number of nitrogens with zero attached hydrogens (tertiary/aromatic N) is 1. The normalized spacial score (nSPS) is 17.2. The molecule has 0 saturated carbocycles. The molecule has 0 N–H and O–H groups in total. The van der Waals surface area contributed by atoms with Gasteiger partial charge in [-0.25, -0.2) is 4.90 Å². The lowest BCUT2D eigenvalue weighted by atomic mass is 10.2. The molecular weight excluding hydrogens is 314 g/mol. The van der Waals surface area contributed by atoms with Gasteiger partial charge in [0.25, 0.3) is 11.1 Å². The maximum absolute atomic E-state index is 12.3. The van der Waals surface area contributed by atoms with Crippen molar-refractivity contribution in [2.75, 3.05) is 4.90 Å². The highest BCUT2D eigenvalue weighted by molar-refractivity contribution is 8.19. The average Bonchev–Trinajstić information content (AvgIpc) is 3.02. The first kappa shape index (κ1) is 13.4. The largest absolute Gasteiger partial charge is 0.298 e. The molecule has 1 aromatic heterocycles. The standard InChI is InChI=1S/C14H8ClNO2S2/c15-10-1-3-11(4-2-10)16-13(17)12(20-14(16)18)7-9-5-6-19-8-9/h1-8H/b12-7+. The van der Waals surface area contributed by atoms with Gasteiger partial charge in [0, 0.05) is 5.02 Å². The minimum absolute atomic E-state index is 0.293. The molecule has 1 aliphatic heterocycles. The van der Waals surface area contributed by atoms with Crippen molar-refractivity contribution in [3.8, 4) is 0 Å². The molecule has 1 aliphatic rings. The maximum Gasteiger partial charge on any atom is 0.298 e. The van der Waals surface area contributed by atoms with Gasteiger partial charge in [-0.3, -0.25) is 9.59 Å². The van der Waals surface area contributed by atoms with Gasteiger partial charge in [0.2, 0.25) is 0 Å². The summed E-state index contributed by atoms with van der Waals surface area (Å²) in [6.45, 7) is 0. The summed E-state index contributed by atoms with van der Waals surface area (Å²) in [6.07, 6.45) is 1.73. The molecular formula is C14H8ClNO2S2. The summed E-state index contributed by atoms with van der Waals surface area (Å²) in [5.74, 6) is -0.298. The lowest BCUT2D eigenvalue weighted by Crippen LogP contribution is -2.27. The predicted octanol–water partition coefficient (Wildman–Crippen LogP) is 4.64. The van der Waals surface area contributed by atoms with Gasteiger partial charge in [-0.05, 0) is 64.5 Å². The molecule has 1 aromatic carbocycles. The lowest BCUT2D eigenvalue weighted by Gasteiger charge is -2.12. The van der Waals surface area contributed by atoms with Crippen LogP contribution in [0.1, 0.15) is 5.56 Å². The molecule has 0 atom stereocenters. The van der Waals surface area contributed by atoms with E-state index in [-0.39, 0.29) is 11.1 Å². The van der Waals surface area contributed by atoms with E-state index >= 15 is 0 Å². The highest BCUT2D eigenvalue weighted by Crippen LogP contribution is 2.36. The molecule has 3 nitrogen and oxygen atoms in total. The highest BCUT2D eigenvalue weighted by Gasteiger charge is 2.36. The van der Waals surface area contributed by atoms with Gasteiger partial charge in [-0.15, -0.1) is 0 Å². The van der Waals surface area contributed by atoms with E-state index in [1.807, 2.05) is 16.8 Å². The Balaban J connectivity index is 1.93. The van der Waals surface area contributed by atoms with E-state index in [1.165, 1.54) is 4.90 Å². The van der Waals surface area contributed by atoms with Crippen molar-refractivity contribution >= 4 is 57.6 Å². The third-order valence-corrected chi connectivity index (χ3v) is 4.54. The molecule has 2 aromatic rings.